The van der Waals surface area contributed by atoms with Gasteiger partial charge in [0.15, 0.2) is 0 Å². The van der Waals surface area contributed by atoms with Crippen LogP contribution in [0.1, 0.15) is 44.9 Å². The van der Waals surface area contributed by atoms with E-state index in [0.717, 1.165) is 57.2 Å². The van der Waals surface area contributed by atoms with Crippen LogP contribution in [0.2, 0.25) is 0 Å². The van der Waals surface area contributed by atoms with Crippen molar-refractivity contribution < 1.29 is 4.79 Å². The van der Waals surface area contributed by atoms with Gasteiger partial charge in [-0.05, 0) is 18.9 Å². The Morgan fingerprint density at radius 1 is 1.23 bits per heavy atom. The molecule has 3 rings (SSSR count). The SMILES string of the molecule is CCC(C)c1nccc(N2CCN(C(=O)CCCn3ccnc3)CC2)n1. The average Bonchev–Trinajstić information content (AvgIpc) is 3.21. The lowest BCUT2D eigenvalue weighted by atomic mass is 10.1. The molecule has 0 radical (unpaired) electrons. The van der Waals surface area contributed by atoms with Gasteiger partial charge in [-0.3, -0.25) is 4.79 Å². The van der Waals surface area contributed by atoms with Crippen LogP contribution in [0.5, 0.6) is 0 Å². The summed E-state index contributed by atoms with van der Waals surface area (Å²) in [5.41, 5.74) is 0. The molecule has 1 aliphatic heterocycles. The van der Waals surface area contributed by atoms with E-state index in [2.05, 4.69) is 28.7 Å². The van der Waals surface area contributed by atoms with Gasteiger partial charge in [0.25, 0.3) is 0 Å². The van der Waals surface area contributed by atoms with Crippen molar-refractivity contribution in [2.24, 2.45) is 0 Å². The largest absolute Gasteiger partial charge is 0.353 e. The zero-order chi connectivity index (χ0) is 18.4. The Labute approximate surface area is 155 Å². The monoisotopic (exact) mass is 356 g/mol. The van der Waals surface area contributed by atoms with Gasteiger partial charge in [0.1, 0.15) is 11.6 Å². The molecule has 1 saturated heterocycles. The van der Waals surface area contributed by atoms with E-state index in [-0.39, 0.29) is 5.91 Å². The summed E-state index contributed by atoms with van der Waals surface area (Å²) in [6, 6.07) is 1.97. The Bertz CT molecular complexity index is 694. The molecule has 1 atom stereocenters. The zero-order valence-corrected chi connectivity index (χ0v) is 15.7. The summed E-state index contributed by atoms with van der Waals surface area (Å²) < 4.78 is 2.01. The third-order valence-electron chi connectivity index (χ3n) is 5.04. The van der Waals surface area contributed by atoms with Crippen LogP contribution in [0.4, 0.5) is 5.82 Å². The number of hydrogen-bond donors (Lipinski definition) is 0. The lowest BCUT2D eigenvalue weighted by Gasteiger charge is -2.35. The molecule has 0 saturated carbocycles. The Kier molecular flexibility index (Phi) is 6.20. The van der Waals surface area contributed by atoms with Crippen LogP contribution >= 0.6 is 0 Å². The smallest absolute Gasteiger partial charge is 0.222 e. The summed E-state index contributed by atoms with van der Waals surface area (Å²) >= 11 is 0. The van der Waals surface area contributed by atoms with Gasteiger partial charge in [0, 0.05) is 63.7 Å². The Balaban J connectivity index is 1.47. The lowest BCUT2D eigenvalue weighted by molar-refractivity contribution is -0.131. The molecule has 2 aromatic heterocycles. The van der Waals surface area contributed by atoms with Crippen LogP contribution in [0.3, 0.4) is 0 Å². The number of anilines is 1. The molecule has 1 aliphatic rings. The maximum Gasteiger partial charge on any atom is 0.222 e. The number of amides is 1. The molecule has 26 heavy (non-hydrogen) atoms. The molecular formula is C19H28N6O. The summed E-state index contributed by atoms with van der Waals surface area (Å²) in [7, 11) is 0. The van der Waals surface area contributed by atoms with Crippen LogP contribution in [0.25, 0.3) is 0 Å². The molecule has 140 valence electrons. The van der Waals surface area contributed by atoms with Crippen molar-refractivity contribution in [1.29, 1.82) is 0 Å². The molecule has 2 aromatic rings. The number of nitrogens with zero attached hydrogens (tertiary/aromatic N) is 6. The highest BCUT2D eigenvalue weighted by Gasteiger charge is 2.22. The third kappa shape index (κ3) is 4.59. The number of aryl methyl sites for hydroxylation is 1. The quantitative estimate of drug-likeness (QED) is 0.762. The van der Waals surface area contributed by atoms with Gasteiger partial charge in [-0.25, -0.2) is 15.0 Å². The first-order chi connectivity index (χ1) is 12.7. The highest BCUT2D eigenvalue weighted by Crippen LogP contribution is 2.19. The van der Waals surface area contributed by atoms with Crippen molar-refractivity contribution in [2.75, 3.05) is 31.1 Å². The van der Waals surface area contributed by atoms with Gasteiger partial charge in [0.05, 0.1) is 6.33 Å². The van der Waals surface area contributed by atoms with Crippen LogP contribution in [0, 0.1) is 0 Å². The van der Waals surface area contributed by atoms with E-state index in [4.69, 9.17) is 4.98 Å². The molecule has 0 N–H and O–H groups in total. The predicted molar refractivity (Wildman–Crippen MR) is 101 cm³/mol. The van der Waals surface area contributed by atoms with E-state index >= 15 is 0 Å². The first-order valence-corrected chi connectivity index (χ1v) is 9.48. The van der Waals surface area contributed by atoms with Crippen LogP contribution in [0.15, 0.2) is 31.0 Å². The zero-order valence-electron chi connectivity index (χ0n) is 15.7. The van der Waals surface area contributed by atoms with E-state index in [1.54, 1.807) is 12.5 Å². The topological polar surface area (TPSA) is 67.2 Å². The van der Waals surface area contributed by atoms with Crippen molar-refractivity contribution in [3.63, 3.8) is 0 Å². The fourth-order valence-electron chi connectivity index (χ4n) is 3.13. The number of aromatic nitrogens is 4. The van der Waals surface area contributed by atoms with Gasteiger partial charge in [-0.2, -0.15) is 0 Å². The van der Waals surface area contributed by atoms with Crippen molar-refractivity contribution in [3.05, 3.63) is 36.8 Å². The van der Waals surface area contributed by atoms with E-state index in [0.29, 0.717) is 12.3 Å². The standard InChI is InChI=1S/C19H28N6O/c1-3-16(2)19-21-7-6-17(22-19)24-11-13-25(14-12-24)18(26)5-4-9-23-10-8-20-15-23/h6-8,10,15-16H,3-5,9,11-14H2,1-2H3. The fraction of sp³-hybridized carbons (Fsp3) is 0.579. The molecule has 1 unspecified atom stereocenters. The Hall–Kier alpha value is -2.44. The lowest BCUT2D eigenvalue weighted by Crippen LogP contribution is -2.49. The van der Waals surface area contributed by atoms with Gasteiger partial charge in [-0.1, -0.05) is 13.8 Å². The van der Waals surface area contributed by atoms with Gasteiger partial charge < -0.3 is 14.4 Å². The number of piperazine rings is 1. The van der Waals surface area contributed by atoms with Gasteiger partial charge >= 0.3 is 0 Å². The van der Waals surface area contributed by atoms with Crippen LogP contribution < -0.4 is 4.90 Å². The average molecular weight is 356 g/mol. The third-order valence-corrected chi connectivity index (χ3v) is 5.04. The molecule has 0 spiro atoms. The number of hydrogen-bond acceptors (Lipinski definition) is 5. The maximum absolute atomic E-state index is 12.4. The molecular weight excluding hydrogens is 328 g/mol. The van der Waals surface area contributed by atoms with E-state index in [1.165, 1.54) is 0 Å². The summed E-state index contributed by atoms with van der Waals surface area (Å²) in [4.78, 5) is 29.8. The number of imidazole rings is 1. The van der Waals surface area contributed by atoms with E-state index in [1.807, 2.05) is 27.9 Å². The first kappa shape index (κ1) is 18.4. The molecule has 3 heterocycles. The second kappa shape index (κ2) is 8.78. The van der Waals surface area contributed by atoms with Crippen molar-refractivity contribution in [3.8, 4) is 0 Å². The van der Waals surface area contributed by atoms with Gasteiger partial charge in [0.2, 0.25) is 5.91 Å². The Morgan fingerprint density at radius 2 is 2.04 bits per heavy atom. The molecule has 7 heteroatoms. The second-order valence-corrected chi connectivity index (χ2v) is 6.85. The molecule has 1 fully saturated rings. The maximum atomic E-state index is 12.4. The fourth-order valence-corrected chi connectivity index (χ4v) is 3.13. The molecule has 0 aromatic carbocycles. The summed E-state index contributed by atoms with van der Waals surface area (Å²) in [6.07, 6.45) is 9.80. The van der Waals surface area contributed by atoms with Crippen LogP contribution in [-0.2, 0) is 11.3 Å². The summed E-state index contributed by atoms with van der Waals surface area (Å²) in [5.74, 6) is 2.49. The van der Waals surface area contributed by atoms with Crippen molar-refractivity contribution in [2.45, 2.75) is 45.6 Å². The number of carbonyl (C=O) groups is 1. The van der Waals surface area contributed by atoms with E-state index < -0.39 is 0 Å². The molecule has 1 amide bonds. The molecule has 0 aliphatic carbocycles. The van der Waals surface area contributed by atoms with Crippen LogP contribution in [-0.4, -0.2) is 56.5 Å². The second-order valence-electron chi connectivity index (χ2n) is 6.85. The van der Waals surface area contributed by atoms with Crippen molar-refractivity contribution in [1.82, 2.24) is 24.4 Å². The van der Waals surface area contributed by atoms with E-state index in [9.17, 15) is 4.79 Å². The minimum Gasteiger partial charge on any atom is -0.353 e. The summed E-state index contributed by atoms with van der Waals surface area (Å²) in [5, 5.41) is 0. The minimum atomic E-state index is 0.243. The Morgan fingerprint density at radius 3 is 2.73 bits per heavy atom. The highest BCUT2D eigenvalue weighted by atomic mass is 16.2. The number of rotatable bonds is 7. The predicted octanol–water partition coefficient (Wildman–Crippen LogP) is 2.32. The first-order valence-electron chi connectivity index (χ1n) is 9.48. The minimum absolute atomic E-state index is 0.243. The number of carbonyl (C=O) groups excluding carboxylic acids is 1. The normalized spacial score (nSPS) is 15.9. The highest BCUT2D eigenvalue weighted by molar-refractivity contribution is 5.76. The molecule has 7 nitrogen and oxygen atoms in total. The van der Waals surface area contributed by atoms with Crippen molar-refractivity contribution >= 4 is 11.7 Å². The van der Waals surface area contributed by atoms with Gasteiger partial charge in [-0.15, -0.1) is 0 Å². The molecule has 0 bridgehead atoms. The summed E-state index contributed by atoms with van der Waals surface area (Å²) in [6.45, 7) is 8.30.